The standard InChI is InChI=1S/C15H17N3O3S/c1-11-7-3-4-8-13(11)14-17-15(21-18-14)12(2)22(19,20)10-6-5-9-16/h3-4,7-8,12H,5-6,10H2,1-2H3. The maximum atomic E-state index is 12.2. The summed E-state index contributed by atoms with van der Waals surface area (Å²) in [6, 6.07) is 9.48. The number of rotatable bonds is 6. The lowest BCUT2D eigenvalue weighted by Gasteiger charge is -2.07. The van der Waals surface area contributed by atoms with E-state index in [1.807, 2.05) is 37.3 Å². The minimum Gasteiger partial charge on any atom is -0.338 e. The molecule has 0 aliphatic heterocycles. The van der Waals surface area contributed by atoms with Gasteiger partial charge in [0, 0.05) is 12.0 Å². The zero-order valence-corrected chi connectivity index (χ0v) is 13.3. The molecule has 1 unspecified atom stereocenters. The number of benzene rings is 1. The summed E-state index contributed by atoms with van der Waals surface area (Å²) >= 11 is 0. The van der Waals surface area contributed by atoms with Crippen LogP contribution in [-0.2, 0) is 9.84 Å². The van der Waals surface area contributed by atoms with Gasteiger partial charge in [-0.05, 0) is 25.8 Å². The Kier molecular flexibility index (Phi) is 4.93. The molecule has 22 heavy (non-hydrogen) atoms. The summed E-state index contributed by atoms with van der Waals surface area (Å²) in [5, 5.41) is 11.5. The number of unbranched alkanes of at least 4 members (excludes halogenated alkanes) is 1. The molecule has 0 saturated carbocycles. The molecule has 1 heterocycles. The van der Waals surface area contributed by atoms with Crippen LogP contribution in [0.1, 0.15) is 36.5 Å². The van der Waals surface area contributed by atoms with E-state index in [1.165, 1.54) is 6.92 Å². The van der Waals surface area contributed by atoms with Crippen molar-refractivity contribution in [2.45, 2.75) is 31.9 Å². The van der Waals surface area contributed by atoms with Gasteiger partial charge < -0.3 is 4.52 Å². The first kappa shape index (κ1) is 16.2. The maximum Gasteiger partial charge on any atom is 0.245 e. The number of nitriles is 1. The van der Waals surface area contributed by atoms with Crippen LogP contribution in [0.25, 0.3) is 11.4 Å². The lowest BCUT2D eigenvalue weighted by atomic mass is 10.1. The van der Waals surface area contributed by atoms with Crippen molar-refractivity contribution in [3.8, 4) is 17.5 Å². The Morgan fingerprint density at radius 2 is 2.09 bits per heavy atom. The highest BCUT2D eigenvalue weighted by Gasteiger charge is 2.28. The molecular formula is C15H17N3O3S. The van der Waals surface area contributed by atoms with Crippen molar-refractivity contribution >= 4 is 9.84 Å². The summed E-state index contributed by atoms with van der Waals surface area (Å²) in [7, 11) is -3.41. The highest BCUT2D eigenvalue weighted by molar-refractivity contribution is 7.91. The molecule has 7 heteroatoms. The summed E-state index contributed by atoms with van der Waals surface area (Å²) in [5.74, 6) is 0.395. The van der Waals surface area contributed by atoms with Gasteiger partial charge >= 0.3 is 0 Å². The van der Waals surface area contributed by atoms with Crippen LogP contribution in [0.5, 0.6) is 0 Å². The second-order valence-corrected chi connectivity index (χ2v) is 7.48. The number of aromatic nitrogens is 2. The molecule has 0 amide bonds. The van der Waals surface area contributed by atoms with E-state index in [-0.39, 0.29) is 18.1 Å². The average molecular weight is 319 g/mol. The van der Waals surface area contributed by atoms with Gasteiger partial charge in [0.25, 0.3) is 0 Å². The van der Waals surface area contributed by atoms with Gasteiger partial charge in [-0.1, -0.05) is 29.4 Å². The van der Waals surface area contributed by atoms with E-state index in [0.717, 1.165) is 11.1 Å². The van der Waals surface area contributed by atoms with E-state index in [9.17, 15) is 8.42 Å². The smallest absolute Gasteiger partial charge is 0.245 e. The van der Waals surface area contributed by atoms with Crippen LogP contribution in [0, 0.1) is 18.3 Å². The summed E-state index contributed by atoms with van der Waals surface area (Å²) in [6.45, 7) is 3.45. The predicted molar refractivity (Wildman–Crippen MR) is 81.5 cm³/mol. The minimum absolute atomic E-state index is 0.0657. The number of hydrogen-bond acceptors (Lipinski definition) is 6. The summed E-state index contributed by atoms with van der Waals surface area (Å²) in [5.41, 5.74) is 1.80. The Bertz CT molecular complexity index is 790. The van der Waals surface area contributed by atoms with E-state index in [2.05, 4.69) is 10.1 Å². The van der Waals surface area contributed by atoms with Crippen LogP contribution in [-0.4, -0.2) is 24.3 Å². The Morgan fingerprint density at radius 1 is 1.36 bits per heavy atom. The first-order valence-corrected chi connectivity index (χ1v) is 8.65. The third-order valence-electron chi connectivity index (χ3n) is 3.43. The summed E-state index contributed by atoms with van der Waals surface area (Å²) in [6.07, 6.45) is 0.520. The fraction of sp³-hybridized carbons (Fsp3) is 0.400. The second kappa shape index (κ2) is 6.71. The van der Waals surface area contributed by atoms with E-state index < -0.39 is 15.1 Å². The van der Waals surface area contributed by atoms with Crippen molar-refractivity contribution in [2.24, 2.45) is 0 Å². The Labute approximate surface area is 129 Å². The van der Waals surface area contributed by atoms with Crippen LogP contribution in [0.15, 0.2) is 28.8 Å². The first-order valence-electron chi connectivity index (χ1n) is 6.94. The number of nitrogens with zero attached hydrogens (tertiary/aromatic N) is 3. The number of sulfone groups is 1. The highest BCUT2D eigenvalue weighted by Crippen LogP contribution is 2.26. The van der Waals surface area contributed by atoms with Crippen LogP contribution >= 0.6 is 0 Å². The van der Waals surface area contributed by atoms with E-state index in [4.69, 9.17) is 9.78 Å². The van der Waals surface area contributed by atoms with E-state index in [1.54, 1.807) is 0 Å². The Balaban J connectivity index is 2.21. The maximum absolute atomic E-state index is 12.2. The van der Waals surface area contributed by atoms with Crippen LogP contribution in [0.2, 0.25) is 0 Å². The monoisotopic (exact) mass is 319 g/mol. The van der Waals surface area contributed by atoms with E-state index >= 15 is 0 Å². The predicted octanol–water partition coefficient (Wildman–Crippen LogP) is 2.82. The molecule has 2 rings (SSSR count). The SMILES string of the molecule is Cc1ccccc1-c1noc(C(C)S(=O)(=O)CCCC#N)n1. The molecule has 2 aromatic rings. The quantitative estimate of drug-likeness (QED) is 0.759. The fourth-order valence-electron chi connectivity index (χ4n) is 2.02. The van der Waals surface area contributed by atoms with Crippen molar-refractivity contribution in [3.63, 3.8) is 0 Å². The molecule has 116 valence electrons. The van der Waals surface area contributed by atoms with Gasteiger partial charge in [0.2, 0.25) is 11.7 Å². The van der Waals surface area contributed by atoms with Gasteiger partial charge in [-0.3, -0.25) is 0 Å². The first-order chi connectivity index (χ1) is 10.5. The molecule has 0 radical (unpaired) electrons. The van der Waals surface area contributed by atoms with Gasteiger partial charge in [0.15, 0.2) is 9.84 Å². The zero-order valence-electron chi connectivity index (χ0n) is 12.5. The molecule has 0 bridgehead atoms. The topological polar surface area (TPSA) is 96.9 Å². The molecule has 0 fully saturated rings. The molecule has 0 N–H and O–H groups in total. The molecule has 0 spiro atoms. The third-order valence-corrected chi connectivity index (χ3v) is 5.57. The molecule has 1 aromatic heterocycles. The van der Waals surface area contributed by atoms with Gasteiger partial charge in [-0.25, -0.2) is 8.42 Å². The molecule has 6 nitrogen and oxygen atoms in total. The Morgan fingerprint density at radius 3 is 2.77 bits per heavy atom. The molecule has 0 aliphatic carbocycles. The minimum atomic E-state index is -3.41. The van der Waals surface area contributed by atoms with Gasteiger partial charge in [-0.2, -0.15) is 10.2 Å². The largest absolute Gasteiger partial charge is 0.338 e. The lowest BCUT2D eigenvalue weighted by Crippen LogP contribution is -2.14. The van der Waals surface area contributed by atoms with Crippen LogP contribution < -0.4 is 0 Å². The van der Waals surface area contributed by atoms with Crippen LogP contribution in [0.4, 0.5) is 0 Å². The van der Waals surface area contributed by atoms with Crippen molar-refractivity contribution < 1.29 is 12.9 Å². The molecule has 1 aromatic carbocycles. The molecular weight excluding hydrogens is 302 g/mol. The van der Waals surface area contributed by atoms with Crippen molar-refractivity contribution in [3.05, 3.63) is 35.7 Å². The second-order valence-electron chi connectivity index (χ2n) is 5.04. The highest BCUT2D eigenvalue weighted by atomic mass is 32.2. The third kappa shape index (κ3) is 3.52. The Hall–Kier alpha value is -2.20. The zero-order chi connectivity index (χ0) is 16.2. The van der Waals surface area contributed by atoms with E-state index in [0.29, 0.717) is 12.2 Å². The molecule has 0 saturated heterocycles. The van der Waals surface area contributed by atoms with Crippen molar-refractivity contribution in [1.82, 2.24) is 10.1 Å². The lowest BCUT2D eigenvalue weighted by molar-refractivity contribution is 0.377. The average Bonchev–Trinajstić information content (AvgIpc) is 2.96. The summed E-state index contributed by atoms with van der Waals surface area (Å²) < 4.78 is 29.5. The number of hydrogen-bond donors (Lipinski definition) is 0. The van der Waals surface area contributed by atoms with Crippen molar-refractivity contribution in [2.75, 3.05) is 5.75 Å². The van der Waals surface area contributed by atoms with Crippen molar-refractivity contribution in [1.29, 1.82) is 5.26 Å². The van der Waals surface area contributed by atoms with Gasteiger partial charge in [0.1, 0.15) is 5.25 Å². The van der Waals surface area contributed by atoms with Gasteiger partial charge in [0.05, 0.1) is 11.8 Å². The van der Waals surface area contributed by atoms with Gasteiger partial charge in [-0.15, -0.1) is 0 Å². The molecule has 0 aliphatic rings. The number of aryl methyl sites for hydroxylation is 1. The van der Waals surface area contributed by atoms with Crippen LogP contribution in [0.3, 0.4) is 0 Å². The fourth-order valence-corrected chi connectivity index (χ4v) is 3.32. The summed E-state index contributed by atoms with van der Waals surface area (Å²) in [4.78, 5) is 4.21. The molecule has 1 atom stereocenters. The normalized spacial score (nSPS) is 12.8.